The number of hydrogen-bond acceptors (Lipinski definition) is 3. The van der Waals surface area contributed by atoms with Crippen molar-refractivity contribution < 1.29 is 9.32 Å². The molecule has 1 saturated heterocycles. The maximum Gasteiger partial charge on any atom is 0.226 e. The average molecular weight is 260 g/mol. The second-order valence-corrected chi connectivity index (χ2v) is 6.48. The first-order valence-electron chi connectivity index (χ1n) is 7.46. The standard InChI is InChI=1S/C15H20N2O2/c1-9-5-14(19-16-9)13-3-2-4-17(13)15(18)12-7-10-6-11(10)8-12/h5,10-13H,2-4,6-8H2,1H3. The monoisotopic (exact) mass is 260 g/mol. The summed E-state index contributed by atoms with van der Waals surface area (Å²) in [6.45, 7) is 2.81. The first-order chi connectivity index (χ1) is 9.22. The summed E-state index contributed by atoms with van der Waals surface area (Å²) in [6.07, 6.45) is 5.72. The van der Waals surface area contributed by atoms with Crippen molar-refractivity contribution >= 4 is 5.91 Å². The Kier molecular flexibility index (Phi) is 2.47. The number of likely N-dealkylation sites (tertiary alicyclic amines) is 1. The number of carbonyl (C=O) groups excluding carboxylic acids is 1. The van der Waals surface area contributed by atoms with Crippen LogP contribution in [0.15, 0.2) is 10.6 Å². The fourth-order valence-electron chi connectivity index (χ4n) is 4.02. The van der Waals surface area contributed by atoms with Gasteiger partial charge in [-0.05, 0) is 50.9 Å². The Labute approximate surface area is 113 Å². The van der Waals surface area contributed by atoms with Crippen molar-refractivity contribution in [2.45, 2.75) is 45.1 Å². The lowest BCUT2D eigenvalue weighted by Crippen LogP contribution is -2.35. The molecule has 2 heterocycles. The molecule has 0 spiro atoms. The van der Waals surface area contributed by atoms with Gasteiger partial charge in [0.25, 0.3) is 0 Å². The first-order valence-corrected chi connectivity index (χ1v) is 7.46. The second-order valence-electron chi connectivity index (χ2n) is 6.48. The number of fused-ring (bicyclic) bond motifs is 1. The van der Waals surface area contributed by atoms with Crippen molar-refractivity contribution in [3.63, 3.8) is 0 Å². The minimum Gasteiger partial charge on any atom is -0.359 e. The average Bonchev–Trinajstić information content (AvgIpc) is 2.84. The van der Waals surface area contributed by atoms with E-state index in [-0.39, 0.29) is 12.0 Å². The molecule has 1 aromatic heterocycles. The smallest absolute Gasteiger partial charge is 0.226 e. The molecule has 4 nitrogen and oxygen atoms in total. The third-order valence-corrected chi connectivity index (χ3v) is 5.10. The molecule has 0 aromatic carbocycles. The van der Waals surface area contributed by atoms with Gasteiger partial charge in [0.1, 0.15) is 0 Å². The van der Waals surface area contributed by atoms with E-state index in [0.717, 1.165) is 55.5 Å². The van der Waals surface area contributed by atoms with Gasteiger partial charge < -0.3 is 9.42 Å². The van der Waals surface area contributed by atoms with Crippen molar-refractivity contribution in [2.75, 3.05) is 6.54 Å². The van der Waals surface area contributed by atoms with Crippen LogP contribution in [-0.2, 0) is 4.79 Å². The Hall–Kier alpha value is -1.32. The van der Waals surface area contributed by atoms with Gasteiger partial charge in [0, 0.05) is 18.5 Å². The molecule has 1 aliphatic heterocycles. The lowest BCUT2D eigenvalue weighted by atomic mass is 10.0. The molecule has 4 rings (SSSR count). The Bertz CT molecular complexity index is 500. The van der Waals surface area contributed by atoms with Gasteiger partial charge in [-0.1, -0.05) is 5.16 Å². The van der Waals surface area contributed by atoms with Crippen LogP contribution < -0.4 is 0 Å². The van der Waals surface area contributed by atoms with Crippen LogP contribution >= 0.6 is 0 Å². The fraction of sp³-hybridized carbons (Fsp3) is 0.733. The van der Waals surface area contributed by atoms with Gasteiger partial charge in [0.2, 0.25) is 5.91 Å². The van der Waals surface area contributed by atoms with Crippen molar-refractivity contribution in [1.82, 2.24) is 10.1 Å². The van der Waals surface area contributed by atoms with Crippen LogP contribution in [0.25, 0.3) is 0 Å². The van der Waals surface area contributed by atoms with E-state index in [9.17, 15) is 4.79 Å². The molecule has 2 aliphatic carbocycles. The number of aromatic nitrogens is 1. The van der Waals surface area contributed by atoms with Crippen molar-refractivity contribution in [1.29, 1.82) is 0 Å². The zero-order valence-electron chi connectivity index (χ0n) is 11.3. The molecule has 3 atom stereocenters. The molecular formula is C15H20N2O2. The zero-order chi connectivity index (χ0) is 13.0. The summed E-state index contributed by atoms with van der Waals surface area (Å²) in [5, 5.41) is 3.96. The predicted molar refractivity (Wildman–Crippen MR) is 69.2 cm³/mol. The van der Waals surface area contributed by atoms with Crippen molar-refractivity contribution in [3.05, 3.63) is 17.5 Å². The summed E-state index contributed by atoms with van der Waals surface area (Å²) in [5.74, 6) is 3.24. The Morgan fingerprint density at radius 1 is 1.37 bits per heavy atom. The third kappa shape index (κ3) is 1.88. The molecule has 3 aliphatic rings. The molecule has 1 amide bonds. The third-order valence-electron chi connectivity index (χ3n) is 5.10. The fourth-order valence-corrected chi connectivity index (χ4v) is 4.02. The molecule has 2 saturated carbocycles. The lowest BCUT2D eigenvalue weighted by molar-refractivity contribution is -0.137. The predicted octanol–water partition coefficient (Wildman–Crippen LogP) is 2.69. The van der Waals surface area contributed by atoms with Crippen LogP contribution in [0.3, 0.4) is 0 Å². The quantitative estimate of drug-likeness (QED) is 0.821. The molecule has 4 heteroatoms. The highest BCUT2D eigenvalue weighted by atomic mass is 16.5. The number of nitrogens with zero attached hydrogens (tertiary/aromatic N) is 2. The summed E-state index contributed by atoms with van der Waals surface area (Å²) in [6, 6.07) is 2.10. The van der Waals surface area contributed by atoms with Crippen LogP contribution in [0, 0.1) is 24.7 Å². The van der Waals surface area contributed by atoms with E-state index in [0.29, 0.717) is 5.91 Å². The highest BCUT2D eigenvalue weighted by Gasteiger charge is 2.49. The van der Waals surface area contributed by atoms with Gasteiger partial charge in [0.15, 0.2) is 5.76 Å². The van der Waals surface area contributed by atoms with E-state index in [1.165, 1.54) is 6.42 Å². The Balaban J connectivity index is 1.51. The number of amides is 1. The SMILES string of the molecule is Cc1cc(C2CCCN2C(=O)C2CC3CC3C2)on1. The van der Waals surface area contributed by atoms with Crippen molar-refractivity contribution in [2.24, 2.45) is 17.8 Å². The largest absolute Gasteiger partial charge is 0.359 e. The Morgan fingerprint density at radius 3 is 2.84 bits per heavy atom. The summed E-state index contributed by atoms with van der Waals surface area (Å²) < 4.78 is 5.38. The number of carbonyl (C=O) groups is 1. The molecule has 0 radical (unpaired) electrons. The van der Waals surface area contributed by atoms with E-state index < -0.39 is 0 Å². The highest BCUT2D eigenvalue weighted by Crippen LogP contribution is 2.55. The molecule has 102 valence electrons. The maximum absolute atomic E-state index is 12.7. The van der Waals surface area contributed by atoms with Gasteiger partial charge in [0.05, 0.1) is 11.7 Å². The van der Waals surface area contributed by atoms with Gasteiger partial charge in [-0.25, -0.2) is 0 Å². The highest BCUT2D eigenvalue weighted by molar-refractivity contribution is 5.80. The number of rotatable bonds is 2. The van der Waals surface area contributed by atoms with Crippen LogP contribution in [0.1, 0.15) is 49.6 Å². The summed E-state index contributed by atoms with van der Waals surface area (Å²) in [5.41, 5.74) is 0.899. The van der Waals surface area contributed by atoms with Crippen molar-refractivity contribution in [3.8, 4) is 0 Å². The maximum atomic E-state index is 12.7. The van der Waals surface area contributed by atoms with Crippen LogP contribution in [0.5, 0.6) is 0 Å². The summed E-state index contributed by atoms with van der Waals surface area (Å²) >= 11 is 0. The van der Waals surface area contributed by atoms with Crippen LogP contribution in [0.2, 0.25) is 0 Å². The number of aryl methyl sites for hydroxylation is 1. The molecule has 0 N–H and O–H groups in total. The molecule has 3 unspecified atom stereocenters. The zero-order valence-corrected chi connectivity index (χ0v) is 11.3. The van der Waals surface area contributed by atoms with Gasteiger partial charge >= 0.3 is 0 Å². The minimum absolute atomic E-state index is 0.130. The minimum atomic E-state index is 0.130. The van der Waals surface area contributed by atoms with E-state index in [2.05, 4.69) is 10.1 Å². The normalized spacial score (nSPS) is 36.6. The summed E-state index contributed by atoms with van der Waals surface area (Å²) in [7, 11) is 0. The van der Waals surface area contributed by atoms with E-state index in [1.807, 2.05) is 13.0 Å². The lowest BCUT2D eigenvalue weighted by Gasteiger charge is -2.26. The molecular weight excluding hydrogens is 240 g/mol. The Morgan fingerprint density at radius 2 is 2.16 bits per heavy atom. The molecule has 0 bridgehead atoms. The summed E-state index contributed by atoms with van der Waals surface area (Å²) in [4.78, 5) is 14.7. The second kappa shape index (κ2) is 4.09. The molecule has 19 heavy (non-hydrogen) atoms. The van der Waals surface area contributed by atoms with Gasteiger partial charge in [-0.3, -0.25) is 4.79 Å². The van der Waals surface area contributed by atoms with Gasteiger partial charge in [-0.15, -0.1) is 0 Å². The van der Waals surface area contributed by atoms with E-state index in [4.69, 9.17) is 4.52 Å². The van der Waals surface area contributed by atoms with Crippen LogP contribution in [0.4, 0.5) is 0 Å². The number of hydrogen-bond donors (Lipinski definition) is 0. The topological polar surface area (TPSA) is 46.3 Å². The first kappa shape index (κ1) is 11.5. The van der Waals surface area contributed by atoms with Crippen LogP contribution in [-0.4, -0.2) is 22.5 Å². The van der Waals surface area contributed by atoms with E-state index in [1.54, 1.807) is 0 Å². The molecule has 1 aromatic rings. The molecule has 3 fully saturated rings. The van der Waals surface area contributed by atoms with Gasteiger partial charge in [-0.2, -0.15) is 0 Å². The van der Waals surface area contributed by atoms with E-state index >= 15 is 0 Å².